The Morgan fingerprint density at radius 3 is 2.52 bits per heavy atom. The molecular formula is C16H16N6O3. The molecule has 2 aromatic heterocycles. The molecule has 3 rings (SSSR count). The molecule has 2 heterocycles. The molecule has 9 nitrogen and oxygen atoms in total. The number of rotatable bonds is 5. The van der Waals surface area contributed by atoms with Gasteiger partial charge in [-0.3, -0.25) is 19.6 Å². The van der Waals surface area contributed by atoms with E-state index in [2.05, 4.69) is 15.5 Å². The summed E-state index contributed by atoms with van der Waals surface area (Å²) in [5.41, 5.74) is 2.60. The van der Waals surface area contributed by atoms with Gasteiger partial charge in [0.15, 0.2) is 5.69 Å². The number of aryl methyl sites for hydroxylation is 2. The van der Waals surface area contributed by atoms with Crippen LogP contribution in [-0.2, 0) is 6.67 Å². The summed E-state index contributed by atoms with van der Waals surface area (Å²) in [7, 11) is 0. The number of carbonyl (C=O) groups is 1. The molecule has 0 spiro atoms. The lowest BCUT2D eigenvalue weighted by Gasteiger charge is -2.05. The van der Waals surface area contributed by atoms with Gasteiger partial charge in [-0.2, -0.15) is 10.2 Å². The molecule has 9 heteroatoms. The third kappa shape index (κ3) is 3.71. The van der Waals surface area contributed by atoms with Crippen LogP contribution in [-0.4, -0.2) is 30.4 Å². The van der Waals surface area contributed by atoms with E-state index in [9.17, 15) is 14.9 Å². The van der Waals surface area contributed by atoms with Gasteiger partial charge in [0.1, 0.15) is 6.67 Å². The zero-order valence-electron chi connectivity index (χ0n) is 13.7. The van der Waals surface area contributed by atoms with E-state index in [0.29, 0.717) is 12.4 Å². The van der Waals surface area contributed by atoms with Crippen LogP contribution in [0.4, 0.5) is 11.4 Å². The van der Waals surface area contributed by atoms with Crippen molar-refractivity contribution in [3.63, 3.8) is 0 Å². The Bertz CT molecular complexity index is 926. The first-order chi connectivity index (χ1) is 11.9. The number of amides is 1. The van der Waals surface area contributed by atoms with E-state index in [4.69, 9.17) is 0 Å². The largest absolute Gasteiger partial charge is 0.321 e. The Kier molecular flexibility index (Phi) is 4.29. The molecule has 0 bridgehead atoms. The molecule has 0 saturated carbocycles. The van der Waals surface area contributed by atoms with Crippen LogP contribution in [0, 0.1) is 24.0 Å². The quantitative estimate of drug-likeness (QED) is 0.566. The number of nitrogens with zero attached hydrogens (tertiary/aromatic N) is 5. The molecule has 1 N–H and O–H groups in total. The molecule has 0 saturated heterocycles. The van der Waals surface area contributed by atoms with Gasteiger partial charge in [0.05, 0.1) is 10.6 Å². The maximum atomic E-state index is 12.2. The second-order valence-corrected chi connectivity index (χ2v) is 5.57. The Morgan fingerprint density at radius 2 is 1.92 bits per heavy atom. The van der Waals surface area contributed by atoms with E-state index in [0.717, 1.165) is 11.4 Å². The van der Waals surface area contributed by atoms with Crippen molar-refractivity contribution in [1.82, 2.24) is 19.6 Å². The minimum Gasteiger partial charge on any atom is -0.321 e. The Balaban J connectivity index is 1.68. The molecule has 128 valence electrons. The highest BCUT2D eigenvalue weighted by Gasteiger charge is 2.12. The lowest BCUT2D eigenvalue weighted by atomic mass is 10.3. The van der Waals surface area contributed by atoms with Crippen molar-refractivity contribution >= 4 is 17.3 Å². The molecule has 1 amide bonds. The number of carbonyl (C=O) groups excluding carboxylic acids is 1. The molecule has 0 radical (unpaired) electrons. The summed E-state index contributed by atoms with van der Waals surface area (Å²) in [6.07, 6.45) is 1.70. The summed E-state index contributed by atoms with van der Waals surface area (Å²) in [5.74, 6) is -0.388. The van der Waals surface area contributed by atoms with Gasteiger partial charge in [0.25, 0.3) is 11.6 Å². The highest BCUT2D eigenvalue weighted by Crippen LogP contribution is 2.16. The average Bonchev–Trinajstić information content (AvgIpc) is 3.15. The van der Waals surface area contributed by atoms with Crippen molar-refractivity contribution in [3.8, 4) is 0 Å². The molecule has 0 aliphatic rings. The summed E-state index contributed by atoms with van der Waals surface area (Å²) in [6.45, 7) is 4.27. The fourth-order valence-electron chi connectivity index (χ4n) is 2.38. The normalized spacial score (nSPS) is 10.6. The molecule has 0 atom stereocenters. The smallest absolute Gasteiger partial charge is 0.276 e. The van der Waals surface area contributed by atoms with Crippen LogP contribution >= 0.6 is 0 Å². The third-order valence-electron chi connectivity index (χ3n) is 3.59. The van der Waals surface area contributed by atoms with Crippen LogP contribution < -0.4 is 5.32 Å². The molecule has 1 aromatic carbocycles. The maximum absolute atomic E-state index is 12.2. The Hall–Kier alpha value is -3.49. The van der Waals surface area contributed by atoms with Gasteiger partial charge in [0.2, 0.25) is 0 Å². The summed E-state index contributed by atoms with van der Waals surface area (Å²) in [6, 6.07) is 9.18. The molecule has 0 aliphatic heterocycles. The number of aromatic nitrogens is 4. The number of nitro groups is 1. The molecule has 25 heavy (non-hydrogen) atoms. The van der Waals surface area contributed by atoms with Crippen molar-refractivity contribution in [1.29, 1.82) is 0 Å². The zero-order valence-corrected chi connectivity index (χ0v) is 13.7. The number of non-ortho nitro benzene ring substituents is 1. The predicted molar refractivity (Wildman–Crippen MR) is 90.4 cm³/mol. The second kappa shape index (κ2) is 6.56. The zero-order chi connectivity index (χ0) is 18.0. The number of nitrogens with one attached hydrogen (secondary N) is 1. The Labute approximate surface area is 143 Å². The first kappa shape index (κ1) is 16.4. The van der Waals surface area contributed by atoms with E-state index in [1.54, 1.807) is 21.6 Å². The van der Waals surface area contributed by atoms with Crippen LogP contribution in [0.5, 0.6) is 0 Å². The number of anilines is 1. The Morgan fingerprint density at radius 1 is 1.20 bits per heavy atom. The predicted octanol–water partition coefficient (Wildman–Crippen LogP) is 2.36. The van der Waals surface area contributed by atoms with Crippen molar-refractivity contribution in [2.24, 2.45) is 0 Å². The lowest BCUT2D eigenvalue weighted by Crippen LogP contribution is -2.15. The summed E-state index contributed by atoms with van der Waals surface area (Å²) >= 11 is 0. The summed E-state index contributed by atoms with van der Waals surface area (Å²) in [4.78, 5) is 22.4. The first-order valence-corrected chi connectivity index (χ1v) is 7.53. The van der Waals surface area contributed by atoms with Crippen molar-refractivity contribution in [2.45, 2.75) is 20.5 Å². The van der Waals surface area contributed by atoms with Gasteiger partial charge in [0, 0.05) is 29.7 Å². The van der Waals surface area contributed by atoms with Crippen LogP contribution in [0.2, 0.25) is 0 Å². The minimum absolute atomic E-state index is 0.0350. The number of nitro benzene ring substituents is 1. The maximum Gasteiger partial charge on any atom is 0.276 e. The van der Waals surface area contributed by atoms with Gasteiger partial charge in [-0.1, -0.05) is 0 Å². The average molecular weight is 340 g/mol. The number of hydrogen-bond donors (Lipinski definition) is 1. The lowest BCUT2D eigenvalue weighted by molar-refractivity contribution is -0.384. The number of hydrogen-bond acceptors (Lipinski definition) is 5. The third-order valence-corrected chi connectivity index (χ3v) is 3.59. The number of benzene rings is 1. The van der Waals surface area contributed by atoms with Gasteiger partial charge in [-0.25, -0.2) is 4.68 Å². The van der Waals surface area contributed by atoms with Gasteiger partial charge < -0.3 is 5.32 Å². The fourth-order valence-corrected chi connectivity index (χ4v) is 2.38. The molecule has 0 unspecified atom stereocenters. The highest BCUT2D eigenvalue weighted by atomic mass is 16.6. The minimum atomic E-state index is -0.494. The van der Waals surface area contributed by atoms with Gasteiger partial charge >= 0.3 is 0 Å². The summed E-state index contributed by atoms with van der Waals surface area (Å²) < 4.78 is 3.41. The topological polar surface area (TPSA) is 108 Å². The van der Waals surface area contributed by atoms with E-state index in [1.807, 2.05) is 19.9 Å². The van der Waals surface area contributed by atoms with E-state index < -0.39 is 4.92 Å². The van der Waals surface area contributed by atoms with E-state index in [1.165, 1.54) is 24.3 Å². The van der Waals surface area contributed by atoms with Gasteiger partial charge in [-0.15, -0.1) is 0 Å². The van der Waals surface area contributed by atoms with Crippen LogP contribution in [0.25, 0.3) is 0 Å². The fraction of sp³-hybridized carbons (Fsp3) is 0.188. The first-order valence-electron chi connectivity index (χ1n) is 7.53. The van der Waals surface area contributed by atoms with Gasteiger partial charge in [-0.05, 0) is 38.1 Å². The second-order valence-electron chi connectivity index (χ2n) is 5.57. The molecular weight excluding hydrogens is 324 g/mol. The van der Waals surface area contributed by atoms with Crippen LogP contribution in [0.15, 0.2) is 42.6 Å². The monoisotopic (exact) mass is 340 g/mol. The van der Waals surface area contributed by atoms with Crippen molar-refractivity contribution in [3.05, 3.63) is 69.8 Å². The van der Waals surface area contributed by atoms with Crippen LogP contribution in [0.3, 0.4) is 0 Å². The summed E-state index contributed by atoms with van der Waals surface area (Å²) in [5, 5.41) is 21.9. The standard InChI is InChI=1S/C16H16N6O3/c1-11-9-12(2)21(18-11)10-20-8-7-15(19-20)16(23)17-13-3-5-14(6-4-13)22(24)25/h3-9H,10H2,1-2H3,(H,17,23). The SMILES string of the molecule is Cc1cc(C)n(Cn2ccc(C(=O)Nc3ccc([N+](=O)[O-])cc3)n2)n1. The van der Waals surface area contributed by atoms with Crippen LogP contribution in [0.1, 0.15) is 21.9 Å². The van der Waals surface area contributed by atoms with E-state index >= 15 is 0 Å². The molecule has 0 aliphatic carbocycles. The molecule has 3 aromatic rings. The van der Waals surface area contributed by atoms with Crippen molar-refractivity contribution < 1.29 is 9.72 Å². The highest BCUT2D eigenvalue weighted by molar-refractivity contribution is 6.02. The van der Waals surface area contributed by atoms with Crippen molar-refractivity contribution in [2.75, 3.05) is 5.32 Å². The molecule has 0 fully saturated rings. The van der Waals surface area contributed by atoms with E-state index in [-0.39, 0.29) is 17.3 Å².